The van der Waals surface area contributed by atoms with Crippen LogP contribution in [0.3, 0.4) is 0 Å². The number of ketones is 1. The summed E-state index contributed by atoms with van der Waals surface area (Å²) in [5, 5.41) is 4.03. The molecule has 0 aliphatic heterocycles. The minimum atomic E-state index is -0.292. The van der Waals surface area contributed by atoms with Crippen molar-refractivity contribution in [3.8, 4) is 0 Å². The first-order valence-electron chi connectivity index (χ1n) is 5.31. The van der Waals surface area contributed by atoms with Crippen LogP contribution in [0.15, 0.2) is 45.9 Å². The lowest BCUT2D eigenvalue weighted by Gasteiger charge is -2.00. The molecule has 88 valence electrons. The van der Waals surface area contributed by atoms with Gasteiger partial charge in [-0.15, -0.1) is 0 Å². The second-order valence-corrected chi connectivity index (χ2v) is 4.55. The molecule has 0 atom stereocenters. The van der Waals surface area contributed by atoms with Crippen LogP contribution in [-0.2, 0) is 0 Å². The molecule has 0 radical (unpaired) electrons. The van der Waals surface area contributed by atoms with Gasteiger partial charge in [-0.05, 0) is 23.6 Å². The van der Waals surface area contributed by atoms with Crippen LogP contribution in [0.5, 0.6) is 0 Å². The third-order valence-electron chi connectivity index (χ3n) is 2.61. The molecule has 18 heavy (non-hydrogen) atoms. The van der Waals surface area contributed by atoms with Gasteiger partial charge in [0.2, 0.25) is 5.78 Å². The van der Waals surface area contributed by atoms with Gasteiger partial charge >= 0.3 is 0 Å². The van der Waals surface area contributed by atoms with Crippen molar-refractivity contribution in [2.45, 2.75) is 0 Å². The summed E-state index contributed by atoms with van der Waals surface area (Å²) in [5.74, 6) is -0.184. The van der Waals surface area contributed by atoms with E-state index >= 15 is 0 Å². The molecule has 3 aromatic rings. The zero-order chi connectivity index (χ0) is 12.5. The molecule has 3 rings (SSSR count). The summed E-state index contributed by atoms with van der Waals surface area (Å²) in [5.41, 5.74) is 0.775. The van der Waals surface area contributed by atoms with Crippen molar-refractivity contribution in [2.75, 3.05) is 0 Å². The molecule has 0 fully saturated rings. The highest BCUT2D eigenvalue weighted by Crippen LogP contribution is 2.11. The lowest BCUT2D eigenvalue weighted by atomic mass is 10.2. The van der Waals surface area contributed by atoms with Crippen LogP contribution in [0.2, 0.25) is 0 Å². The van der Waals surface area contributed by atoms with Gasteiger partial charge in [-0.1, -0.05) is 12.1 Å². The Morgan fingerprint density at radius 1 is 1.22 bits per heavy atom. The number of fused-ring (bicyclic) bond motifs is 1. The van der Waals surface area contributed by atoms with Gasteiger partial charge in [-0.25, -0.2) is 4.98 Å². The van der Waals surface area contributed by atoms with Gasteiger partial charge in [0.15, 0.2) is 5.82 Å². The standard InChI is InChI=1S/C13H8N2O2S/c16-11(8-5-6-18-7-8)12-14-10-4-2-1-3-9(10)13(17)15-12/h1-7H,(H,14,15,17). The molecular weight excluding hydrogens is 248 g/mol. The summed E-state index contributed by atoms with van der Waals surface area (Å²) in [6.07, 6.45) is 0. The molecule has 4 nitrogen and oxygen atoms in total. The van der Waals surface area contributed by atoms with Crippen LogP contribution < -0.4 is 5.56 Å². The van der Waals surface area contributed by atoms with Gasteiger partial charge in [-0.2, -0.15) is 11.3 Å². The molecule has 0 saturated carbocycles. The first-order chi connectivity index (χ1) is 8.75. The number of thiophene rings is 1. The molecule has 0 spiro atoms. The lowest BCUT2D eigenvalue weighted by Crippen LogP contribution is -2.16. The summed E-state index contributed by atoms with van der Waals surface area (Å²) in [7, 11) is 0. The molecule has 0 unspecified atom stereocenters. The maximum Gasteiger partial charge on any atom is 0.259 e. The highest BCUT2D eigenvalue weighted by atomic mass is 32.1. The number of hydrogen-bond donors (Lipinski definition) is 1. The molecule has 1 N–H and O–H groups in total. The third-order valence-corrected chi connectivity index (χ3v) is 3.29. The second-order valence-electron chi connectivity index (χ2n) is 3.77. The largest absolute Gasteiger partial charge is 0.303 e. The highest BCUT2D eigenvalue weighted by Gasteiger charge is 2.13. The third kappa shape index (κ3) is 1.74. The molecule has 2 heterocycles. The van der Waals surface area contributed by atoms with Crippen LogP contribution in [0.25, 0.3) is 10.9 Å². The van der Waals surface area contributed by atoms with Crippen molar-refractivity contribution in [1.29, 1.82) is 0 Å². The number of H-pyrrole nitrogens is 1. The fourth-order valence-electron chi connectivity index (χ4n) is 1.72. The Bertz CT molecular complexity index is 775. The number of carbonyl (C=O) groups is 1. The number of rotatable bonds is 2. The molecule has 0 bridgehead atoms. The first kappa shape index (κ1) is 10.9. The van der Waals surface area contributed by atoms with E-state index in [1.54, 1.807) is 35.7 Å². The predicted molar refractivity (Wildman–Crippen MR) is 70.1 cm³/mol. The van der Waals surface area contributed by atoms with Crippen molar-refractivity contribution in [3.05, 3.63) is 62.8 Å². The average molecular weight is 256 g/mol. The molecule has 0 aliphatic rings. The van der Waals surface area contributed by atoms with Crippen LogP contribution >= 0.6 is 11.3 Å². The van der Waals surface area contributed by atoms with Gasteiger partial charge in [-0.3, -0.25) is 9.59 Å². The number of para-hydroxylation sites is 1. The maximum atomic E-state index is 12.1. The molecule has 0 saturated heterocycles. The molecule has 0 amide bonds. The van der Waals surface area contributed by atoms with E-state index in [9.17, 15) is 9.59 Å². The van der Waals surface area contributed by atoms with Crippen molar-refractivity contribution in [1.82, 2.24) is 9.97 Å². The topological polar surface area (TPSA) is 62.8 Å². The first-order valence-corrected chi connectivity index (χ1v) is 6.26. The zero-order valence-corrected chi connectivity index (χ0v) is 10.0. The fourth-order valence-corrected chi connectivity index (χ4v) is 2.36. The molecular formula is C13H8N2O2S. The van der Waals surface area contributed by atoms with E-state index in [1.807, 2.05) is 5.38 Å². The van der Waals surface area contributed by atoms with Gasteiger partial charge in [0, 0.05) is 10.9 Å². The quantitative estimate of drug-likeness (QED) is 0.715. The van der Waals surface area contributed by atoms with Crippen LogP contribution in [0, 0.1) is 0 Å². The Hall–Kier alpha value is -2.27. The predicted octanol–water partition coefficient (Wildman–Crippen LogP) is 2.22. The van der Waals surface area contributed by atoms with Crippen LogP contribution in [-0.4, -0.2) is 15.8 Å². The van der Waals surface area contributed by atoms with E-state index in [0.29, 0.717) is 16.5 Å². The Morgan fingerprint density at radius 2 is 2.06 bits per heavy atom. The number of nitrogens with zero attached hydrogens (tertiary/aromatic N) is 1. The monoisotopic (exact) mass is 256 g/mol. The van der Waals surface area contributed by atoms with E-state index in [-0.39, 0.29) is 17.2 Å². The summed E-state index contributed by atoms with van der Waals surface area (Å²) in [6, 6.07) is 8.66. The van der Waals surface area contributed by atoms with Crippen molar-refractivity contribution >= 4 is 28.0 Å². The Labute approximate surface area is 106 Å². The van der Waals surface area contributed by atoms with Crippen molar-refractivity contribution in [2.24, 2.45) is 0 Å². The van der Waals surface area contributed by atoms with Gasteiger partial charge < -0.3 is 4.98 Å². The lowest BCUT2D eigenvalue weighted by molar-refractivity contribution is 0.103. The van der Waals surface area contributed by atoms with Crippen LogP contribution in [0.1, 0.15) is 16.2 Å². The summed E-state index contributed by atoms with van der Waals surface area (Å²) < 4.78 is 0. The SMILES string of the molecule is O=C(c1ccsc1)c1nc2ccccc2c(=O)[nH]1. The van der Waals surface area contributed by atoms with E-state index < -0.39 is 0 Å². The summed E-state index contributed by atoms with van der Waals surface area (Å²) in [4.78, 5) is 30.6. The molecule has 0 aliphatic carbocycles. The number of aromatic nitrogens is 2. The minimum Gasteiger partial charge on any atom is -0.303 e. The maximum absolute atomic E-state index is 12.1. The Kier molecular flexibility index (Phi) is 2.53. The smallest absolute Gasteiger partial charge is 0.259 e. The Morgan fingerprint density at radius 3 is 2.83 bits per heavy atom. The summed E-state index contributed by atoms with van der Waals surface area (Å²) >= 11 is 1.43. The number of benzene rings is 1. The second kappa shape index (κ2) is 4.19. The van der Waals surface area contributed by atoms with E-state index in [2.05, 4.69) is 9.97 Å². The highest BCUT2D eigenvalue weighted by molar-refractivity contribution is 7.08. The Balaban J connectivity index is 2.20. The van der Waals surface area contributed by atoms with Crippen molar-refractivity contribution < 1.29 is 4.79 Å². The number of hydrogen-bond acceptors (Lipinski definition) is 4. The van der Waals surface area contributed by atoms with Gasteiger partial charge in [0.25, 0.3) is 5.56 Å². The van der Waals surface area contributed by atoms with Crippen LogP contribution in [0.4, 0.5) is 0 Å². The summed E-state index contributed by atoms with van der Waals surface area (Å²) in [6.45, 7) is 0. The number of carbonyl (C=O) groups excluding carboxylic acids is 1. The van der Waals surface area contributed by atoms with Crippen molar-refractivity contribution in [3.63, 3.8) is 0 Å². The minimum absolute atomic E-state index is 0.0806. The zero-order valence-electron chi connectivity index (χ0n) is 9.21. The number of nitrogens with one attached hydrogen (secondary N) is 1. The van der Waals surface area contributed by atoms with Gasteiger partial charge in [0.1, 0.15) is 0 Å². The molecule has 1 aromatic carbocycles. The number of aromatic amines is 1. The normalized spacial score (nSPS) is 10.7. The van der Waals surface area contributed by atoms with E-state index in [4.69, 9.17) is 0 Å². The average Bonchev–Trinajstić information content (AvgIpc) is 2.91. The van der Waals surface area contributed by atoms with E-state index in [0.717, 1.165) is 0 Å². The molecule has 5 heteroatoms. The van der Waals surface area contributed by atoms with Gasteiger partial charge in [0.05, 0.1) is 10.9 Å². The molecule has 2 aromatic heterocycles. The fraction of sp³-hybridized carbons (Fsp3) is 0. The van der Waals surface area contributed by atoms with E-state index in [1.165, 1.54) is 11.3 Å².